The molecule has 0 spiro atoms. The van der Waals surface area contributed by atoms with Crippen LogP contribution in [0.1, 0.15) is 95.2 Å². The summed E-state index contributed by atoms with van der Waals surface area (Å²) in [5.41, 5.74) is 3.27. The van der Waals surface area contributed by atoms with Crippen LogP contribution in [0.2, 0.25) is 0 Å². The highest BCUT2D eigenvalue weighted by atomic mass is 32.2. The third-order valence-electron chi connectivity index (χ3n) is 10.7. The maximum absolute atomic E-state index is 14.1. The monoisotopic (exact) mass is 654 g/mol. The summed E-state index contributed by atoms with van der Waals surface area (Å²) < 4.78 is 29.5. The minimum atomic E-state index is -3.51. The molecule has 7 nitrogen and oxygen atoms in total. The van der Waals surface area contributed by atoms with E-state index in [-0.39, 0.29) is 11.8 Å². The van der Waals surface area contributed by atoms with E-state index in [0.717, 1.165) is 79.9 Å². The Balaban J connectivity index is 1.37. The lowest BCUT2D eigenvalue weighted by Crippen LogP contribution is -2.58. The van der Waals surface area contributed by atoms with E-state index in [1.165, 1.54) is 49.9 Å². The second-order valence-corrected chi connectivity index (χ2v) is 16.6. The quantitative estimate of drug-likeness (QED) is 0.127. The third-order valence-corrected chi connectivity index (χ3v) is 12.9. The van der Waals surface area contributed by atoms with Crippen molar-refractivity contribution < 1.29 is 12.9 Å². The number of benzene rings is 2. The van der Waals surface area contributed by atoms with Crippen LogP contribution >= 0.6 is 12.2 Å². The van der Waals surface area contributed by atoms with Gasteiger partial charge in [0.15, 0.2) is 14.9 Å². The van der Waals surface area contributed by atoms with Gasteiger partial charge >= 0.3 is 0 Å². The molecule has 4 aliphatic rings. The third kappa shape index (κ3) is 8.21. The van der Waals surface area contributed by atoms with Crippen LogP contribution in [0.4, 0.5) is 11.4 Å². The normalized spacial score (nSPS) is 24.8. The number of hydrogen-bond donors (Lipinski definition) is 3. The summed E-state index contributed by atoms with van der Waals surface area (Å²) in [6.45, 7) is 10.5. The van der Waals surface area contributed by atoms with E-state index < -0.39 is 15.4 Å². The Morgan fingerprint density at radius 3 is 2.33 bits per heavy atom. The number of sulfone groups is 1. The molecule has 3 fully saturated rings. The largest absolute Gasteiger partial charge is 0.378 e. The molecular weight excluding hydrogens is 599 g/mol. The summed E-state index contributed by atoms with van der Waals surface area (Å²) in [6, 6.07) is 13.9. The first-order valence-electron chi connectivity index (χ1n) is 17.4. The average molecular weight is 655 g/mol. The summed E-state index contributed by atoms with van der Waals surface area (Å²) in [7, 11) is 0.485. The predicted octanol–water partition coefficient (Wildman–Crippen LogP) is 6.65. The molecule has 0 amide bonds. The molecule has 4 heterocycles. The first-order chi connectivity index (χ1) is 21.6. The van der Waals surface area contributed by atoms with Crippen molar-refractivity contribution in [1.29, 1.82) is 0 Å². The first kappa shape index (κ1) is 34.1. The standard InChI is InChI=1S/C36H55N5O2S2/c1-5-7-18-36(19-8-6-2)27-45(42,43)33-14-13-31(40(3)4)26-32(33)34(39-36)29-11-9-12-30(25-29)38-35(44)37-20-10-21-41-22-15-28(16-23-41)17-24-41/h9,11-14,25-26,28,34,39H,5-8,10,15-24,27H2,1-4H3,(H-,37,38,44)/p+1. The minimum absolute atomic E-state index is 0.122. The van der Waals surface area contributed by atoms with Crippen molar-refractivity contribution >= 4 is 38.5 Å². The van der Waals surface area contributed by atoms with Crippen LogP contribution in [-0.4, -0.2) is 76.1 Å². The lowest BCUT2D eigenvalue weighted by molar-refractivity contribution is -0.942. The Morgan fingerprint density at radius 2 is 1.69 bits per heavy atom. The second kappa shape index (κ2) is 14.7. The molecule has 6 rings (SSSR count). The van der Waals surface area contributed by atoms with Crippen LogP contribution in [0.5, 0.6) is 0 Å². The van der Waals surface area contributed by atoms with Gasteiger partial charge in [0, 0.05) is 44.0 Å². The topological polar surface area (TPSA) is 73.5 Å². The Kier molecular flexibility index (Phi) is 11.2. The van der Waals surface area contributed by atoms with E-state index in [2.05, 4.69) is 48.0 Å². The van der Waals surface area contributed by atoms with Gasteiger partial charge in [-0.15, -0.1) is 0 Å². The molecule has 0 radical (unpaired) electrons. The Hall–Kier alpha value is -2.20. The molecule has 0 aromatic heterocycles. The van der Waals surface area contributed by atoms with Gasteiger partial charge in [0.25, 0.3) is 0 Å². The van der Waals surface area contributed by atoms with Crippen molar-refractivity contribution in [1.82, 2.24) is 10.6 Å². The molecule has 3 saturated heterocycles. The number of quaternary nitrogens is 1. The maximum atomic E-state index is 14.1. The molecule has 0 aliphatic carbocycles. The molecule has 3 N–H and O–H groups in total. The molecule has 1 unspecified atom stereocenters. The minimum Gasteiger partial charge on any atom is -0.378 e. The highest BCUT2D eigenvalue weighted by Gasteiger charge is 2.43. The number of hydrogen-bond acceptors (Lipinski definition) is 5. The van der Waals surface area contributed by atoms with E-state index >= 15 is 0 Å². The van der Waals surface area contributed by atoms with Gasteiger partial charge in [-0.05, 0) is 91.7 Å². The van der Waals surface area contributed by atoms with Gasteiger partial charge in [-0.2, -0.15) is 0 Å². The molecule has 9 heteroatoms. The number of unbranched alkanes of at least 4 members (excludes halogenated alkanes) is 2. The van der Waals surface area contributed by atoms with E-state index in [4.69, 9.17) is 12.2 Å². The number of thiocarbonyl (C=S) groups is 1. The first-order valence-corrected chi connectivity index (χ1v) is 19.5. The van der Waals surface area contributed by atoms with Crippen LogP contribution < -0.4 is 20.9 Å². The smallest absolute Gasteiger partial charge is 0.180 e. The SMILES string of the molecule is CCCCC1(CCCC)CS(=O)(=O)c2ccc(N(C)C)cc2C(c2cccc(NC(=S)NCCC[N+]34CCC(CC3)CC4)c2)N1. The predicted molar refractivity (Wildman–Crippen MR) is 192 cm³/mol. The highest BCUT2D eigenvalue weighted by molar-refractivity contribution is 7.91. The van der Waals surface area contributed by atoms with Crippen LogP contribution in [-0.2, 0) is 9.84 Å². The van der Waals surface area contributed by atoms with Crippen LogP contribution in [0.3, 0.4) is 0 Å². The molecule has 248 valence electrons. The molecule has 1 atom stereocenters. The van der Waals surface area contributed by atoms with Gasteiger partial charge in [0.2, 0.25) is 0 Å². The van der Waals surface area contributed by atoms with Gasteiger partial charge in [-0.1, -0.05) is 51.7 Å². The van der Waals surface area contributed by atoms with Gasteiger partial charge in [-0.25, -0.2) is 8.42 Å². The zero-order valence-corrected chi connectivity index (χ0v) is 29.7. The van der Waals surface area contributed by atoms with E-state index in [1.807, 2.05) is 43.3 Å². The fourth-order valence-electron chi connectivity index (χ4n) is 7.96. The van der Waals surface area contributed by atoms with Crippen molar-refractivity contribution in [2.45, 2.75) is 94.5 Å². The summed E-state index contributed by atoms with van der Waals surface area (Å²) in [5, 5.41) is 11.5. The molecule has 4 aliphatic heterocycles. The number of nitrogens with one attached hydrogen (secondary N) is 3. The van der Waals surface area contributed by atoms with Gasteiger partial charge in [0.1, 0.15) is 0 Å². The number of nitrogens with zero attached hydrogens (tertiary/aromatic N) is 2. The van der Waals surface area contributed by atoms with Gasteiger partial charge < -0.3 is 20.0 Å². The summed E-state index contributed by atoms with van der Waals surface area (Å²) in [5.74, 6) is 1.11. The maximum Gasteiger partial charge on any atom is 0.180 e. The molecule has 0 saturated carbocycles. The summed E-state index contributed by atoms with van der Waals surface area (Å²) >= 11 is 5.73. The highest BCUT2D eigenvalue weighted by Crippen LogP contribution is 2.41. The van der Waals surface area contributed by atoms with Crippen molar-refractivity contribution in [3.63, 3.8) is 0 Å². The summed E-state index contributed by atoms with van der Waals surface area (Å²) in [6.07, 6.45) is 11.0. The lowest BCUT2D eigenvalue weighted by Gasteiger charge is -2.49. The van der Waals surface area contributed by atoms with E-state index in [0.29, 0.717) is 10.0 Å². The van der Waals surface area contributed by atoms with Gasteiger partial charge in [0.05, 0.1) is 42.9 Å². The fraction of sp³-hybridized carbons (Fsp3) is 0.639. The second-order valence-electron chi connectivity index (χ2n) is 14.3. The van der Waals surface area contributed by atoms with Crippen molar-refractivity contribution in [3.8, 4) is 0 Å². The lowest BCUT2D eigenvalue weighted by atomic mass is 9.85. The molecule has 2 aromatic carbocycles. The van der Waals surface area contributed by atoms with E-state index in [9.17, 15) is 8.42 Å². The van der Waals surface area contributed by atoms with Crippen LogP contribution in [0.25, 0.3) is 0 Å². The molecular formula is C36H56N5O2S2+. The van der Waals surface area contributed by atoms with Gasteiger partial charge in [-0.3, -0.25) is 5.32 Å². The van der Waals surface area contributed by atoms with Crippen LogP contribution in [0, 0.1) is 5.92 Å². The number of fused-ring (bicyclic) bond motifs is 4. The fourth-order valence-corrected chi connectivity index (χ4v) is 10.2. The van der Waals surface area contributed by atoms with Crippen molar-refractivity contribution in [2.75, 3.05) is 62.8 Å². The number of anilines is 2. The molecule has 2 bridgehead atoms. The Labute approximate surface area is 278 Å². The van der Waals surface area contributed by atoms with Crippen molar-refractivity contribution in [2.24, 2.45) is 5.92 Å². The zero-order valence-electron chi connectivity index (χ0n) is 28.0. The van der Waals surface area contributed by atoms with Crippen LogP contribution in [0.15, 0.2) is 47.4 Å². The summed E-state index contributed by atoms with van der Waals surface area (Å²) in [4.78, 5) is 2.48. The van der Waals surface area contributed by atoms with E-state index in [1.54, 1.807) is 0 Å². The average Bonchev–Trinajstić information content (AvgIpc) is 3.13. The zero-order chi connectivity index (χ0) is 32.1. The number of rotatable bonds is 13. The molecule has 2 aromatic rings. The van der Waals surface area contributed by atoms with Crippen molar-refractivity contribution in [3.05, 3.63) is 53.6 Å². The molecule has 45 heavy (non-hydrogen) atoms. The number of piperidine rings is 3. The Morgan fingerprint density at radius 1 is 1.00 bits per heavy atom. The Bertz CT molecular complexity index is 1400.